The topological polar surface area (TPSA) is 88.1 Å². The molecule has 7 heteroatoms. The van der Waals surface area contributed by atoms with E-state index in [1.807, 2.05) is 0 Å². The Morgan fingerprint density at radius 3 is 2.12 bits per heavy atom. The highest BCUT2D eigenvalue weighted by molar-refractivity contribution is 6.19. The van der Waals surface area contributed by atoms with Gasteiger partial charge in [0, 0.05) is 12.8 Å². The molecule has 0 aromatic rings. The smallest absolute Gasteiger partial charge is 0.348 e. The summed E-state index contributed by atoms with van der Waals surface area (Å²) in [7, 11) is 1.46. The molecule has 0 radical (unpaired) electrons. The Kier molecular flexibility index (Phi) is 6.53. The summed E-state index contributed by atoms with van der Waals surface area (Å²) in [5.41, 5.74) is -0.358. The Morgan fingerprint density at radius 2 is 1.47 bits per heavy atom. The van der Waals surface area contributed by atoms with Crippen molar-refractivity contribution in [1.29, 1.82) is 0 Å². The predicted octanol–water partition coefficient (Wildman–Crippen LogP) is 4.34. The summed E-state index contributed by atoms with van der Waals surface area (Å²) < 4.78 is 22.5. The molecule has 1 saturated heterocycles. The van der Waals surface area contributed by atoms with E-state index in [0.29, 0.717) is 12.8 Å². The molecule has 4 rings (SSSR count). The molecule has 2 spiro atoms. The lowest BCUT2D eigenvalue weighted by Crippen LogP contribution is -2.45. The molecule has 2 heterocycles. The maximum Gasteiger partial charge on any atom is 0.348 e. The third kappa shape index (κ3) is 4.66. The fourth-order valence-corrected chi connectivity index (χ4v) is 4.93. The number of Topliss-reactive ketones (excluding diaryl/α,β-unsaturated/α-hetero) is 1. The summed E-state index contributed by atoms with van der Waals surface area (Å²) in [6, 6.07) is 0. The van der Waals surface area contributed by atoms with E-state index in [1.165, 1.54) is 19.3 Å². The second-order valence-electron chi connectivity index (χ2n) is 8.93. The van der Waals surface area contributed by atoms with Crippen LogP contribution in [0.1, 0.15) is 70.6 Å². The summed E-state index contributed by atoms with van der Waals surface area (Å²) in [6.45, 7) is 0. The highest BCUT2D eigenvalue weighted by Crippen LogP contribution is 2.40. The van der Waals surface area contributed by atoms with Gasteiger partial charge in [-0.3, -0.25) is 4.79 Å². The lowest BCUT2D eigenvalue weighted by atomic mass is 9.78. The zero-order valence-corrected chi connectivity index (χ0v) is 18.5. The van der Waals surface area contributed by atoms with Gasteiger partial charge in [-0.2, -0.15) is 0 Å². The summed E-state index contributed by atoms with van der Waals surface area (Å²) in [4.78, 5) is 37.5. The first kappa shape index (κ1) is 22.4. The van der Waals surface area contributed by atoms with Gasteiger partial charge in [-0.25, -0.2) is 9.59 Å². The Hall–Kier alpha value is -2.83. The summed E-state index contributed by atoms with van der Waals surface area (Å²) >= 11 is 0. The van der Waals surface area contributed by atoms with Crippen molar-refractivity contribution in [2.24, 2.45) is 0 Å². The number of carbonyl (C=O) groups is 3. The second kappa shape index (κ2) is 9.35. The van der Waals surface area contributed by atoms with Gasteiger partial charge in [-0.05, 0) is 50.7 Å². The summed E-state index contributed by atoms with van der Waals surface area (Å²) in [5.74, 6) is -1.99. The molecular weight excluding hydrogens is 412 g/mol. The number of ketones is 1. The number of esters is 2. The van der Waals surface area contributed by atoms with Crippen LogP contribution >= 0.6 is 0 Å². The van der Waals surface area contributed by atoms with Crippen LogP contribution in [0.25, 0.3) is 0 Å². The van der Waals surface area contributed by atoms with Gasteiger partial charge in [0.25, 0.3) is 11.7 Å². The molecule has 0 bridgehead atoms. The monoisotopic (exact) mass is 442 g/mol. The number of hydrogen-bond acceptors (Lipinski definition) is 7. The van der Waals surface area contributed by atoms with E-state index in [2.05, 4.69) is 0 Å². The Bertz CT molecular complexity index is 871. The number of hydrogen-bond donors (Lipinski definition) is 0. The predicted molar refractivity (Wildman–Crippen MR) is 115 cm³/mol. The van der Waals surface area contributed by atoms with Gasteiger partial charge in [-0.1, -0.05) is 31.1 Å². The molecule has 3 fully saturated rings. The molecule has 172 valence electrons. The van der Waals surface area contributed by atoms with E-state index in [9.17, 15) is 14.4 Å². The van der Waals surface area contributed by atoms with Gasteiger partial charge in [0.2, 0.25) is 0 Å². The molecule has 0 unspecified atom stereocenters. The number of carbonyl (C=O) groups excluding carboxylic acids is 3. The van der Waals surface area contributed by atoms with E-state index >= 15 is 0 Å². The van der Waals surface area contributed by atoms with Crippen LogP contribution in [-0.2, 0) is 33.3 Å². The zero-order valence-electron chi connectivity index (χ0n) is 18.5. The van der Waals surface area contributed by atoms with Crippen LogP contribution in [0.3, 0.4) is 0 Å². The molecule has 4 aliphatic rings. The maximum absolute atomic E-state index is 12.5. The van der Waals surface area contributed by atoms with Crippen LogP contribution < -0.4 is 0 Å². The minimum atomic E-state index is -0.921. The van der Waals surface area contributed by atoms with Crippen molar-refractivity contribution < 1.29 is 33.3 Å². The van der Waals surface area contributed by atoms with E-state index in [4.69, 9.17) is 18.9 Å². The second-order valence-corrected chi connectivity index (χ2v) is 8.93. The third-order valence-corrected chi connectivity index (χ3v) is 6.62. The zero-order chi connectivity index (χ0) is 22.6. The Morgan fingerprint density at radius 1 is 0.781 bits per heavy atom. The average Bonchev–Trinajstić information content (AvgIpc) is 2.77. The Balaban J connectivity index is 1.41. The first-order valence-electron chi connectivity index (χ1n) is 11.5. The van der Waals surface area contributed by atoms with Crippen LogP contribution in [0.15, 0.2) is 47.5 Å². The molecule has 0 aromatic heterocycles. The van der Waals surface area contributed by atoms with Gasteiger partial charge in [0.15, 0.2) is 5.78 Å². The van der Waals surface area contributed by atoms with E-state index in [1.54, 1.807) is 18.2 Å². The molecule has 0 aromatic carbocycles. The van der Waals surface area contributed by atoms with E-state index in [0.717, 1.165) is 51.4 Å². The van der Waals surface area contributed by atoms with Crippen molar-refractivity contribution in [2.45, 2.75) is 82.0 Å². The van der Waals surface area contributed by atoms with Gasteiger partial charge in [0.05, 0.1) is 13.5 Å². The van der Waals surface area contributed by atoms with Crippen molar-refractivity contribution in [1.82, 2.24) is 0 Å². The molecule has 32 heavy (non-hydrogen) atoms. The molecule has 0 amide bonds. The maximum atomic E-state index is 12.5. The van der Waals surface area contributed by atoms with E-state index < -0.39 is 23.3 Å². The molecule has 2 aliphatic carbocycles. The van der Waals surface area contributed by atoms with Crippen molar-refractivity contribution in [3.63, 3.8) is 0 Å². The van der Waals surface area contributed by atoms with Crippen molar-refractivity contribution >= 4 is 17.7 Å². The molecular formula is C25H30O7. The van der Waals surface area contributed by atoms with Crippen LogP contribution in [0.2, 0.25) is 0 Å². The number of ether oxygens (including phenoxy) is 4. The van der Waals surface area contributed by atoms with Gasteiger partial charge >= 0.3 is 11.9 Å². The number of allylic oxidation sites excluding steroid dienone is 4. The normalized spacial score (nSPS) is 26.7. The minimum Gasteiger partial charge on any atom is -0.468 e. The van der Waals surface area contributed by atoms with Gasteiger partial charge in [0.1, 0.15) is 16.7 Å². The van der Waals surface area contributed by atoms with Crippen LogP contribution in [-0.4, -0.2) is 36.2 Å². The average molecular weight is 443 g/mol. The first-order chi connectivity index (χ1) is 15.5. The molecule has 2 saturated carbocycles. The van der Waals surface area contributed by atoms with Crippen molar-refractivity contribution in [3.05, 3.63) is 47.5 Å². The summed E-state index contributed by atoms with van der Waals surface area (Å²) in [5, 5.41) is 0. The fraction of sp³-hybridized carbons (Fsp3) is 0.560. The van der Waals surface area contributed by atoms with Gasteiger partial charge in [-0.15, -0.1) is 0 Å². The van der Waals surface area contributed by atoms with Crippen LogP contribution in [0.5, 0.6) is 0 Å². The highest BCUT2D eigenvalue weighted by Gasteiger charge is 2.45. The molecule has 0 N–H and O–H groups in total. The largest absolute Gasteiger partial charge is 0.468 e. The Labute approximate surface area is 188 Å². The van der Waals surface area contributed by atoms with Crippen molar-refractivity contribution in [3.8, 4) is 0 Å². The van der Waals surface area contributed by atoms with Crippen LogP contribution in [0.4, 0.5) is 0 Å². The fourth-order valence-electron chi connectivity index (χ4n) is 4.93. The lowest BCUT2D eigenvalue weighted by molar-refractivity contribution is -0.251. The molecule has 0 atom stereocenters. The highest BCUT2D eigenvalue weighted by atomic mass is 16.8. The molecule has 2 aliphatic heterocycles. The standard InChI is InChI=1S/C25H30O7/c1-29-23-19(22(28)31-25(32-23)15-9-4-10-16-25)12-6-2-5-11-18-20(26)17-24(30-21(18)27)13-7-3-8-14-24/h2,5-6,11-12H,3-4,7-10,13-17H2,1H3/b5-2+,12-6+,18-11+. The quantitative estimate of drug-likeness (QED) is 0.277. The number of methoxy groups -OCH3 is 1. The van der Waals surface area contributed by atoms with Gasteiger partial charge < -0.3 is 18.9 Å². The minimum absolute atomic E-state index is 0.0577. The van der Waals surface area contributed by atoms with E-state index in [-0.39, 0.29) is 29.3 Å². The third-order valence-electron chi connectivity index (χ3n) is 6.62. The molecule has 7 nitrogen and oxygen atoms in total. The lowest BCUT2D eigenvalue weighted by Gasteiger charge is -2.39. The SMILES string of the molecule is COC1=C(/C=C/C=C/C=C2\C(=O)CC3(CCCCC3)OC2=O)C(=O)OC2(CCCCC2)O1. The first-order valence-corrected chi connectivity index (χ1v) is 11.5. The van der Waals surface area contributed by atoms with Crippen LogP contribution in [0, 0.1) is 0 Å². The summed E-state index contributed by atoms with van der Waals surface area (Å²) in [6.07, 6.45) is 16.9. The number of rotatable bonds is 4. The van der Waals surface area contributed by atoms with Crippen molar-refractivity contribution in [2.75, 3.05) is 7.11 Å².